The first kappa shape index (κ1) is 13.3. The van der Waals surface area contributed by atoms with Crippen LogP contribution >= 0.6 is 11.6 Å². The van der Waals surface area contributed by atoms with Crippen LogP contribution in [0.25, 0.3) is 0 Å². The van der Waals surface area contributed by atoms with Crippen molar-refractivity contribution in [3.05, 3.63) is 34.6 Å². The zero-order chi connectivity index (χ0) is 13.4. The second kappa shape index (κ2) is 5.39. The van der Waals surface area contributed by atoms with E-state index in [0.717, 1.165) is 24.9 Å². The number of hydrogen-bond donors (Lipinski definition) is 1. The van der Waals surface area contributed by atoms with Crippen molar-refractivity contribution in [3.8, 4) is 0 Å². The third kappa shape index (κ3) is 2.39. The van der Waals surface area contributed by atoms with Gasteiger partial charge in [0, 0.05) is 31.2 Å². The third-order valence-corrected chi connectivity index (χ3v) is 5.05. The standard InChI is InChI=1S/C15H20ClFN2/c16-13-6-2-5-12(15(13)17)14(7-18)19-8-10-3-1-4-11(10)9-19/h2,5-6,10-11,14H,1,3-4,7-9,18H2. The van der Waals surface area contributed by atoms with E-state index in [0.29, 0.717) is 12.1 Å². The van der Waals surface area contributed by atoms with E-state index >= 15 is 0 Å². The minimum absolute atomic E-state index is 0.0377. The Balaban J connectivity index is 1.83. The molecule has 0 amide bonds. The van der Waals surface area contributed by atoms with Gasteiger partial charge in [0.15, 0.2) is 0 Å². The van der Waals surface area contributed by atoms with Crippen LogP contribution in [0.15, 0.2) is 18.2 Å². The Morgan fingerprint density at radius 2 is 2.00 bits per heavy atom. The molecule has 19 heavy (non-hydrogen) atoms. The third-order valence-electron chi connectivity index (χ3n) is 4.76. The Morgan fingerprint density at radius 3 is 2.63 bits per heavy atom. The SMILES string of the molecule is NCC(c1cccc(Cl)c1F)N1CC2CCCC2C1. The normalized spacial score (nSPS) is 28.6. The van der Waals surface area contributed by atoms with E-state index in [2.05, 4.69) is 4.90 Å². The van der Waals surface area contributed by atoms with Crippen LogP contribution in [-0.2, 0) is 0 Å². The number of fused-ring (bicyclic) bond motifs is 1. The number of benzene rings is 1. The van der Waals surface area contributed by atoms with Crippen LogP contribution in [0.1, 0.15) is 30.9 Å². The number of hydrogen-bond acceptors (Lipinski definition) is 2. The van der Waals surface area contributed by atoms with Crippen molar-refractivity contribution in [1.29, 1.82) is 0 Å². The van der Waals surface area contributed by atoms with Gasteiger partial charge in [0.25, 0.3) is 0 Å². The summed E-state index contributed by atoms with van der Waals surface area (Å²) in [5.74, 6) is 1.27. The molecule has 0 spiro atoms. The van der Waals surface area contributed by atoms with Gasteiger partial charge < -0.3 is 5.73 Å². The van der Waals surface area contributed by atoms with Crippen molar-refractivity contribution in [2.45, 2.75) is 25.3 Å². The molecule has 3 unspecified atom stereocenters. The lowest BCUT2D eigenvalue weighted by Crippen LogP contribution is -2.33. The molecule has 104 valence electrons. The van der Waals surface area contributed by atoms with E-state index in [1.54, 1.807) is 12.1 Å². The van der Waals surface area contributed by atoms with Gasteiger partial charge in [-0.25, -0.2) is 4.39 Å². The van der Waals surface area contributed by atoms with Gasteiger partial charge in [-0.05, 0) is 30.7 Å². The highest BCUT2D eigenvalue weighted by Crippen LogP contribution is 2.41. The van der Waals surface area contributed by atoms with Gasteiger partial charge in [0.05, 0.1) is 5.02 Å². The zero-order valence-corrected chi connectivity index (χ0v) is 11.7. The minimum atomic E-state index is -0.309. The van der Waals surface area contributed by atoms with Gasteiger partial charge in [-0.2, -0.15) is 0 Å². The average molecular weight is 283 g/mol. The molecular formula is C15H20ClFN2. The van der Waals surface area contributed by atoms with Crippen LogP contribution in [0.4, 0.5) is 4.39 Å². The summed E-state index contributed by atoms with van der Waals surface area (Å²) in [4.78, 5) is 2.35. The maximum absolute atomic E-state index is 14.2. The molecule has 2 nitrogen and oxygen atoms in total. The van der Waals surface area contributed by atoms with Crippen molar-refractivity contribution in [2.75, 3.05) is 19.6 Å². The monoisotopic (exact) mass is 282 g/mol. The second-order valence-corrected chi connectivity index (χ2v) is 6.21. The molecule has 1 aliphatic carbocycles. The summed E-state index contributed by atoms with van der Waals surface area (Å²) in [5, 5.41) is 0.190. The number of rotatable bonds is 3. The number of halogens is 2. The lowest BCUT2D eigenvalue weighted by atomic mass is 10.0. The summed E-state index contributed by atoms with van der Waals surface area (Å²) in [6.45, 7) is 2.55. The lowest BCUT2D eigenvalue weighted by molar-refractivity contribution is 0.227. The fourth-order valence-corrected chi connectivity index (χ4v) is 3.96. The molecule has 2 aliphatic rings. The van der Waals surface area contributed by atoms with Crippen LogP contribution in [0.3, 0.4) is 0 Å². The highest BCUT2D eigenvalue weighted by Gasteiger charge is 2.39. The maximum atomic E-state index is 14.2. The van der Waals surface area contributed by atoms with E-state index in [1.165, 1.54) is 19.3 Å². The molecule has 0 bridgehead atoms. The molecular weight excluding hydrogens is 263 g/mol. The highest BCUT2D eigenvalue weighted by atomic mass is 35.5. The summed E-state index contributed by atoms with van der Waals surface area (Å²) >= 11 is 5.88. The molecule has 3 rings (SSSR count). The first-order valence-electron chi connectivity index (χ1n) is 7.08. The molecule has 1 aromatic carbocycles. The largest absolute Gasteiger partial charge is 0.329 e. The van der Waals surface area contributed by atoms with Crippen LogP contribution in [0.5, 0.6) is 0 Å². The average Bonchev–Trinajstić information content (AvgIpc) is 2.96. The predicted molar refractivity (Wildman–Crippen MR) is 75.6 cm³/mol. The Bertz CT molecular complexity index is 453. The topological polar surface area (TPSA) is 29.3 Å². The number of likely N-dealkylation sites (tertiary alicyclic amines) is 1. The van der Waals surface area contributed by atoms with Gasteiger partial charge in [0.2, 0.25) is 0 Å². The molecule has 1 aliphatic heterocycles. The van der Waals surface area contributed by atoms with E-state index < -0.39 is 0 Å². The maximum Gasteiger partial charge on any atom is 0.146 e. The highest BCUT2D eigenvalue weighted by molar-refractivity contribution is 6.30. The van der Waals surface area contributed by atoms with Crippen LogP contribution in [0, 0.1) is 17.7 Å². The molecule has 2 N–H and O–H groups in total. The van der Waals surface area contributed by atoms with E-state index in [-0.39, 0.29) is 16.9 Å². The molecule has 4 heteroatoms. The Labute approximate surface area is 118 Å². The quantitative estimate of drug-likeness (QED) is 0.922. The Kier molecular flexibility index (Phi) is 3.79. The Morgan fingerprint density at radius 1 is 1.32 bits per heavy atom. The van der Waals surface area contributed by atoms with Gasteiger partial charge in [-0.3, -0.25) is 4.90 Å². The van der Waals surface area contributed by atoms with Gasteiger partial charge >= 0.3 is 0 Å². The van der Waals surface area contributed by atoms with Crippen molar-refractivity contribution in [1.82, 2.24) is 4.90 Å². The Hall–Kier alpha value is -0.640. The summed E-state index contributed by atoms with van der Waals surface area (Å²) < 4.78 is 14.2. The van der Waals surface area contributed by atoms with Crippen LogP contribution in [-0.4, -0.2) is 24.5 Å². The summed E-state index contributed by atoms with van der Waals surface area (Å²) in [7, 11) is 0. The van der Waals surface area contributed by atoms with Gasteiger partial charge in [-0.15, -0.1) is 0 Å². The van der Waals surface area contributed by atoms with Crippen LogP contribution < -0.4 is 5.73 Å². The number of nitrogens with two attached hydrogens (primary N) is 1. The molecule has 2 fully saturated rings. The molecule has 3 atom stereocenters. The molecule has 0 radical (unpaired) electrons. The molecule has 1 saturated heterocycles. The first-order valence-corrected chi connectivity index (χ1v) is 7.46. The minimum Gasteiger partial charge on any atom is -0.329 e. The molecule has 1 aromatic rings. The number of nitrogens with zero attached hydrogens (tertiary/aromatic N) is 1. The van der Waals surface area contributed by atoms with E-state index in [1.807, 2.05) is 6.07 Å². The molecule has 1 heterocycles. The fraction of sp³-hybridized carbons (Fsp3) is 0.600. The fourth-order valence-electron chi connectivity index (χ4n) is 3.78. The lowest BCUT2D eigenvalue weighted by Gasteiger charge is -2.28. The molecule has 1 saturated carbocycles. The van der Waals surface area contributed by atoms with Gasteiger partial charge in [0.1, 0.15) is 5.82 Å². The summed E-state index contributed by atoms with van der Waals surface area (Å²) in [6.07, 6.45) is 3.98. The first-order chi connectivity index (χ1) is 9.20. The smallest absolute Gasteiger partial charge is 0.146 e. The summed E-state index contributed by atoms with van der Waals surface area (Å²) in [6, 6.07) is 5.17. The van der Waals surface area contributed by atoms with Crippen molar-refractivity contribution >= 4 is 11.6 Å². The van der Waals surface area contributed by atoms with Crippen molar-refractivity contribution in [3.63, 3.8) is 0 Å². The van der Waals surface area contributed by atoms with E-state index in [4.69, 9.17) is 17.3 Å². The van der Waals surface area contributed by atoms with Crippen molar-refractivity contribution in [2.24, 2.45) is 17.6 Å². The zero-order valence-electron chi connectivity index (χ0n) is 11.0. The van der Waals surface area contributed by atoms with E-state index in [9.17, 15) is 4.39 Å². The second-order valence-electron chi connectivity index (χ2n) is 5.80. The summed E-state index contributed by atoms with van der Waals surface area (Å²) in [5.41, 5.74) is 6.55. The van der Waals surface area contributed by atoms with Crippen LogP contribution in [0.2, 0.25) is 5.02 Å². The van der Waals surface area contributed by atoms with Gasteiger partial charge in [-0.1, -0.05) is 30.2 Å². The molecule has 0 aromatic heterocycles. The predicted octanol–water partition coefficient (Wildman–Crippen LogP) is 3.21. The van der Waals surface area contributed by atoms with Crippen molar-refractivity contribution < 1.29 is 4.39 Å².